The Hall–Kier alpha value is -1.29. The predicted molar refractivity (Wildman–Crippen MR) is 71.0 cm³/mol. The van der Waals surface area contributed by atoms with Crippen molar-refractivity contribution in [3.8, 4) is 0 Å². The Morgan fingerprint density at radius 2 is 2.11 bits per heavy atom. The maximum atomic E-state index is 11.3. The van der Waals surface area contributed by atoms with Crippen LogP contribution in [0.4, 0.5) is 0 Å². The Morgan fingerprint density at radius 3 is 2.68 bits per heavy atom. The summed E-state index contributed by atoms with van der Waals surface area (Å²) >= 11 is 0. The minimum Gasteiger partial charge on any atom is -0.478 e. The van der Waals surface area contributed by atoms with Gasteiger partial charge in [0, 0.05) is 0 Å². The van der Waals surface area contributed by atoms with Gasteiger partial charge in [0.25, 0.3) is 0 Å². The van der Waals surface area contributed by atoms with Gasteiger partial charge >= 0.3 is 5.97 Å². The second kappa shape index (κ2) is 4.67. The summed E-state index contributed by atoms with van der Waals surface area (Å²) in [4.78, 5) is 11.3. The van der Waals surface area contributed by atoms with Gasteiger partial charge in [-0.25, -0.2) is 4.79 Å². The topological polar surface area (TPSA) is 70.7 Å². The van der Waals surface area contributed by atoms with Gasteiger partial charge in [-0.05, 0) is 30.2 Å². The van der Waals surface area contributed by atoms with Gasteiger partial charge in [-0.15, -0.1) is 0 Å². The average molecular weight is 266 g/mol. The van der Waals surface area contributed by atoms with Crippen molar-refractivity contribution >= 4 is 5.97 Å². The molecule has 1 heterocycles. The molecule has 1 aromatic heterocycles. The lowest BCUT2D eigenvalue weighted by molar-refractivity contribution is -0.110. The molecule has 1 aliphatic carbocycles. The fourth-order valence-electron chi connectivity index (χ4n) is 3.39. The molecule has 1 saturated carbocycles. The highest BCUT2D eigenvalue weighted by Gasteiger charge is 2.49. The lowest BCUT2D eigenvalue weighted by Crippen LogP contribution is -2.45. The molecule has 0 spiro atoms. The summed E-state index contributed by atoms with van der Waals surface area (Å²) in [6.45, 7) is 6.24. The van der Waals surface area contributed by atoms with Crippen LogP contribution in [0.5, 0.6) is 0 Å². The number of furan rings is 1. The zero-order valence-corrected chi connectivity index (χ0v) is 11.8. The van der Waals surface area contributed by atoms with Crippen LogP contribution in [0, 0.1) is 11.3 Å². The molecule has 4 heteroatoms. The van der Waals surface area contributed by atoms with Crippen molar-refractivity contribution in [3.05, 3.63) is 23.7 Å². The summed E-state index contributed by atoms with van der Waals surface area (Å²) < 4.78 is 5.36. The van der Waals surface area contributed by atoms with E-state index >= 15 is 0 Å². The first-order valence-corrected chi connectivity index (χ1v) is 6.80. The van der Waals surface area contributed by atoms with Gasteiger partial charge in [0.2, 0.25) is 0 Å². The molecule has 0 aromatic carbocycles. The molecule has 2 unspecified atom stereocenters. The fraction of sp³-hybridized carbons (Fsp3) is 0.667. The van der Waals surface area contributed by atoms with E-state index in [0.29, 0.717) is 6.42 Å². The number of rotatable bonds is 2. The highest BCUT2D eigenvalue weighted by Crippen LogP contribution is 2.50. The summed E-state index contributed by atoms with van der Waals surface area (Å²) in [5, 5.41) is 20.3. The van der Waals surface area contributed by atoms with Crippen LogP contribution in [0.25, 0.3) is 0 Å². The zero-order valence-electron chi connectivity index (χ0n) is 11.8. The van der Waals surface area contributed by atoms with Gasteiger partial charge in [0.15, 0.2) is 0 Å². The average Bonchev–Trinajstić information content (AvgIpc) is 2.77. The van der Waals surface area contributed by atoms with Crippen molar-refractivity contribution in [3.63, 3.8) is 0 Å². The smallest absolute Gasteiger partial charge is 0.339 e. The highest BCUT2D eigenvalue weighted by molar-refractivity contribution is 5.89. The van der Waals surface area contributed by atoms with E-state index in [1.807, 2.05) is 0 Å². The number of hydrogen-bond acceptors (Lipinski definition) is 3. The van der Waals surface area contributed by atoms with Crippen LogP contribution >= 0.6 is 0 Å². The van der Waals surface area contributed by atoms with E-state index in [2.05, 4.69) is 20.8 Å². The van der Waals surface area contributed by atoms with Gasteiger partial charge < -0.3 is 14.6 Å². The zero-order chi connectivity index (χ0) is 14.3. The van der Waals surface area contributed by atoms with Crippen LogP contribution in [0.15, 0.2) is 16.7 Å². The second-order valence-electron chi connectivity index (χ2n) is 6.56. The van der Waals surface area contributed by atoms with Crippen LogP contribution in [0.2, 0.25) is 0 Å². The van der Waals surface area contributed by atoms with E-state index < -0.39 is 11.6 Å². The van der Waals surface area contributed by atoms with E-state index in [4.69, 9.17) is 4.42 Å². The Labute approximate surface area is 113 Å². The Bertz CT molecular complexity index is 469. The van der Waals surface area contributed by atoms with Gasteiger partial charge in [0.05, 0.1) is 6.26 Å². The molecule has 2 N–H and O–H groups in total. The van der Waals surface area contributed by atoms with Crippen molar-refractivity contribution in [2.75, 3.05) is 0 Å². The molecule has 0 saturated heterocycles. The number of carbonyl (C=O) groups is 1. The van der Waals surface area contributed by atoms with Gasteiger partial charge in [-0.1, -0.05) is 33.6 Å². The molecule has 106 valence electrons. The lowest BCUT2D eigenvalue weighted by Gasteiger charge is -2.45. The Balaban J connectivity index is 2.48. The molecule has 0 amide bonds. The van der Waals surface area contributed by atoms with Crippen LogP contribution < -0.4 is 0 Å². The summed E-state index contributed by atoms with van der Waals surface area (Å²) in [5.74, 6) is -0.826. The lowest BCUT2D eigenvalue weighted by atomic mass is 9.62. The number of carboxylic acids is 1. The highest BCUT2D eigenvalue weighted by atomic mass is 16.4. The summed E-state index contributed by atoms with van der Waals surface area (Å²) in [5.41, 5.74) is -1.19. The molecule has 1 aliphatic rings. The molecule has 1 aromatic rings. The van der Waals surface area contributed by atoms with Gasteiger partial charge in [-0.2, -0.15) is 0 Å². The maximum Gasteiger partial charge on any atom is 0.339 e. The third kappa shape index (κ3) is 2.41. The molecule has 0 radical (unpaired) electrons. The van der Waals surface area contributed by atoms with E-state index in [1.165, 1.54) is 12.3 Å². The summed E-state index contributed by atoms with van der Waals surface area (Å²) in [6.07, 6.45) is 4.75. The maximum absolute atomic E-state index is 11.3. The molecule has 2 rings (SSSR count). The van der Waals surface area contributed by atoms with Crippen LogP contribution in [0.1, 0.15) is 62.6 Å². The first-order chi connectivity index (χ1) is 8.77. The number of aliphatic hydroxyl groups is 1. The third-order valence-electron chi connectivity index (χ3n) is 4.21. The predicted octanol–water partition coefficient (Wildman–Crippen LogP) is 3.40. The second-order valence-corrected chi connectivity index (χ2v) is 6.56. The Morgan fingerprint density at radius 1 is 1.42 bits per heavy atom. The van der Waals surface area contributed by atoms with Crippen LogP contribution in [-0.4, -0.2) is 16.2 Å². The van der Waals surface area contributed by atoms with E-state index in [9.17, 15) is 15.0 Å². The molecular formula is C15H22O4. The number of carboxylic acid groups (broad SMARTS) is 1. The number of hydrogen-bond donors (Lipinski definition) is 2. The summed E-state index contributed by atoms with van der Waals surface area (Å²) in [6, 6.07) is 1.42. The normalized spacial score (nSPS) is 28.3. The minimum absolute atomic E-state index is 0.00185. The van der Waals surface area contributed by atoms with E-state index in [0.717, 1.165) is 19.3 Å². The van der Waals surface area contributed by atoms with Crippen molar-refractivity contribution < 1.29 is 19.4 Å². The van der Waals surface area contributed by atoms with E-state index in [1.54, 1.807) is 0 Å². The van der Waals surface area contributed by atoms with Crippen LogP contribution in [0.3, 0.4) is 0 Å². The van der Waals surface area contributed by atoms with Crippen molar-refractivity contribution in [2.24, 2.45) is 11.3 Å². The standard InChI is InChI=1S/C15H22O4/c1-14(2,3)11-6-4-5-8-15(11,18)12-10(13(16)17)7-9-19-12/h7,9,11,18H,4-6,8H2,1-3H3,(H,16,17). The monoisotopic (exact) mass is 266 g/mol. The molecule has 4 nitrogen and oxygen atoms in total. The van der Waals surface area contributed by atoms with Gasteiger partial charge in [0.1, 0.15) is 16.9 Å². The van der Waals surface area contributed by atoms with E-state index in [-0.39, 0.29) is 22.7 Å². The fourth-order valence-corrected chi connectivity index (χ4v) is 3.39. The molecule has 19 heavy (non-hydrogen) atoms. The first kappa shape index (κ1) is 14.1. The summed E-state index contributed by atoms with van der Waals surface area (Å²) in [7, 11) is 0. The Kier molecular flexibility index (Phi) is 3.47. The minimum atomic E-state index is -1.17. The molecule has 0 bridgehead atoms. The molecule has 2 atom stereocenters. The first-order valence-electron chi connectivity index (χ1n) is 6.80. The van der Waals surface area contributed by atoms with Crippen molar-refractivity contribution in [2.45, 2.75) is 52.1 Å². The van der Waals surface area contributed by atoms with Gasteiger partial charge in [-0.3, -0.25) is 0 Å². The molecule has 0 aliphatic heterocycles. The number of aromatic carboxylic acids is 1. The SMILES string of the molecule is CC(C)(C)C1CCCCC1(O)c1occc1C(=O)O. The molecular weight excluding hydrogens is 244 g/mol. The third-order valence-corrected chi connectivity index (χ3v) is 4.21. The van der Waals surface area contributed by atoms with Crippen LogP contribution in [-0.2, 0) is 5.60 Å². The largest absolute Gasteiger partial charge is 0.478 e. The molecule has 1 fully saturated rings. The quantitative estimate of drug-likeness (QED) is 0.860. The van der Waals surface area contributed by atoms with Crippen molar-refractivity contribution in [1.29, 1.82) is 0 Å². The van der Waals surface area contributed by atoms with Crippen molar-refractivity contribution in [1.82, 2.24) is 0 Å².